The number of benzene rings is 1. The molecule has 3 aromatic heterocycles. The molecule has 1 aromatic carbocycles. The number of carbonyl (C=O) groups excluding carboxylic acids is 1. The molecule has 0 radical (unpaired) electrons. The third-order valence-electron chi connectivity index (χ3n) is 4.16. The maximum absolute atomic E-state index is 13.8. The molecule has 0 saturated heterocycles. The zero-order chi connectivity index (χ0) is 20.2. The number of nitrogens with zero attached hydrogens (tertiary/aromatic N) is 4. The maximum atomic E-state index is 13.8. The zero-order valence-corrected chi connectivity index (χ0v) is 17.0. The lowest BCUT2D eigenvalue weighted by atomic mass is 10.3. The van der Waals surface area contributed by atoms with Crippen LogP contribution in [0, 0.1) is 5.82 Å². The quantitative estimate of drug-likeness (QED) is 0.391. The number of hydrogen-bond donors (Lipinski definition) is 0. The molecule has 0 spiro atoms. The highest BCUT2D eigenvalue weighted by Crippen LogP contribution is 2.26. The van der Waals surface area contributed by atoms with Crippen LogP contribution in [0.2, 0.25) is 0 Å². The van der Waals surface area contributed by atoms with Crippen molar-refractivity contribution in [3.05, 3.63) is 88.5 Å². The van der Waals surface area contributed by atoms with Gasteiger partial charge in [0.1, 0.15) is 5.82 Å². The first-order valence-corrected chi connectivity index (χ1v) is 10.6. The van der Waals surface area contributed by atoms with Crippen molar-refractivity contribution in [1.82, 2.24) is 19.7 Å². The molecule has 0 aliphatic heterocycles. The Morgan fingerprint density at radius 3 is 2.69 bits per heavy atom. The predicted octanol–water partition coefficient (Wildman–Crippen LogP) is 5.02. The minimum absolute atomic E-state index is 0.0658. The largest absolute Gasteiger partial charge is 0.327 e. The number of hydrogen-bond acceptors (Lipinski definition) is 5. The van der Waals surface area contributed by atoms with Gasteiger partial charge in [-0.1, -0.05) is 24.3 Å². The SMILES string of the molecule is C=CCN(Cc1cccs1)C(=O)c1nc(-c2cccs2)n(-c2cccc(F)c2)n1. The highest BCUT2D eigenvalue weighted by Gasteiger charge is 2.24. The third-order valence-corrected chi connectivity index (χ3v) is 5.88. The first-order chi connectivity index (χ1) is 14.2. The minimum atomic E-state index is -0.381. The van der Waals surface area contributed by atoms with E-state index >= 15 is 0 Å². The summed E-state index contributed by atoms with van der Waals surface area (Å²) in [5.74, 6) is -0.111. The highest BCUT2D eigenvalue weighted by molar-refractivity contribution is 7.13. The van der Waals surface area contributed by atoms with Gasteiger partial charge in [0.25, 0.3) is 5.91 Å². The predicted molar refractivity (Wildman–Crippen MR) is 114 cm³/mol. The molecule has 3 heterocycles. The molecule has 0 aliphatic rings. The molecule has 0 N–H and O–H groups in total. The van der Waals surface area contributed by atoms with E-state index in [0.29, 0.717) is 24.6 Å². The summed E-state index contributed by atoms with van der Waals surface area (Å²) in [6.07, 6.45) is 1.68. The standard InChI is InChI=1S/C21H17FN4OS2/c1-2-10-25(14-17-8-4-11-28-17)21(27)19-23-20(18-9-5-12-29-18)26(24-19)16-7-3-6-15(22)13-16/h2-9,11-13H,1,10,14H2. The Kier molecular flexibility index (Phi) is 5.64. The molecule has 0 fully saturated rings. The van der Waals surface area contributed by atoms with Gasteiger partial charge in [0.05, 0.1) is 17.1 Å². The van der Waals surface area contributed by atoms with Crippen LogP contribution in [0.1, 0.15) is 15.5 Å². The molecule has 1 amide bonds. The van der Waals surface area contributed by atoms with E-state index in [-0.39, 0.29) is 17.5 Å². The lowest BCUT2D eigenvalue weighted by Crippen LogP contribution is -2.31. The molecular formula is C21H17FN4OS2. The monoisotopic (exact) mass is 424 g/mol. The van der Waals surface area contributed by atoms with Crippen LogP contribution >= 0.6 is 22.7 Å². The summed E-state index contributed by atoms with van der Waals surface area (Å²) in [6.45, 7) is 4.57. The summed E-state index contributed by atoms with van der Waals surface area (Å²) in [5, 5.41) is 8.32. The first-order valence-electron chi connectivity index (χ1n) is 8.85. The fourth-order valence-corrected chi connectivity index (χ4v) is 4.28. The molecule has 146 valence electrons. The van der Waals surface area contributed by atoms with Crippen molar-refractivity contribution in [2.75, 3.05) is 6.54 Å². The maximum Gasteiger partial charge on any atom is 0.294 e. The van der Waals surface area contributed by atoms with Crippen LogP contribution in [0.25, 0.3) is 16.4 Å². The number of amides is 1. The second-order valence-corrected chi connectivity index (χ2v) is 8.16. The molecule has 0 unspecified atom stereocenters. The van der Waals surface area contributed by atoms with Gasteiger partial charge in [-0.3, -0.25) is 4.79 Å². The molecule has 8 heteroatoms. The van der Waals surface area contributed by atoms with Crippen molar-refractivity contribution >= 4 is 28.6 Å². The van der Waals surface area contributed by atoms with E-state index in [1.165, 1.54) is 28.2 Å². The van der Waals surface area contributed by atoms with Crippen LogP contribution in [0.15, 0.2) is 71.9 Å². The van der Waals surface area contributed by atoms with E-state index < -0.39 is 0 Å². The second kappa shape index (κ2) is 8.50. The lowest BCUT2D eigenvalue weighted by Gasteiger charge is -2.18. The van der Waals surface area contributed by atoms with E-state index in [9.17, 15) is 9.18 Å². The normalized spacial score (nSPS) is 10.8. The molecule has 0 saturated carbocycles. The minimum Gasteiger partial charge on any atom is -0.327 e. The summed E-state index contributed by atoms with van der Waals surface area (Å²) in [6, 6.07) is 13.8. The zero-order valence-electron chi connectivity index (χ0n) is 15.4. The third kappa shape index (κ3) is 4.18. The van der Waals surface area contributed by atoms with Gasteiger partial charge in [-0.25, -0.2) is 14.1 Å². The molecule has 0 aliphatic carbocycles. The number of carbonyl (C=O) groups is 1. The summed E-state index contributed by atoms with van der Waals surface area (Å²) in [5.41, 5.74) is 0.508. The van der Waals surface area contributed by atoms with Crippen molar-refractivity contribution in [2.45, 2.75) is 6.54 Å². The van der Waals surface area contributed by atoms with Gasteiger partial charge in [0, 0.05) is 11.4 Å². The van der Waals surface area contributed by atoms with Gasteiger partial charge in [0.15, 0.2) is 5.82 Å². The van der Waals surface area contributed by atoms with Crippen molar-refractivity contribution in [3.63, 3.8) is 0 Å². The average molecular weight is 425 g/mol. The van der Waals surface area contributed by atoms with Crippen LogP contribution in [0.3, 0.4) is 0 Å². The summed E-state index contributed by atoms with van der Waals surface area (Å²) < 4.78 is 15.3. The Bertz CT molecular complexity index is 1120. The molecule has 4 rings (SSSR count). The first kappa shape index (κ1) is 19.2. The van der Waals surface area contributed by atoms with Gasteiger partial charge in [-0.05, 0) is 41.1 Å². The molecule has 0 bridgehead atoms. The van der Waals surface area contributed by atoms with E-state index in [1.807, 2.05) is 35.0 Å². The highest BCUT2D eigenvalue weighted by atomic mass is 32.1. The van der Waals surface area contributed by atoms with Crippen LogP contribution in [-0.2, 0) is 6.54 Å². The van der Waals surface area contributed by atoms with Gasteiger partial charge in [0.2, 0.25) is 5.82 Å². The Morgan fingerprint density at radius 2 is 2.00 bits per heavy atom. The fraction of sp³-hybridized carbons (Fsp3) is 0.0952. The summed E-state index contributed by atoms with van der Waals surface area (Å²) >= 11 is 3.06. The summed E-state index contributed by atoms with van der Waals surface area (Å²) in [7, 11) is 0. The smallest absolute Gasteiger partial charge is 0.294 e. The Labute approximate surface area is 175 Å². The number of thiophene rings is 2. The van der Waals surface area contributed by atoms with Crippen molar-refractivity contribution in [2.24, 2.45) is 0 Å². The van der Waals surface area contributed by atoms with E-state index in [4.69, 9.17) is 0 Å². The van der Waals surface area contributed by atoms with E-state index in [0.717, 1.165) is 9.75 Å². The summed E-state index contributed by atoms with van der Waals surface area (Å²) in [4.78, 5) is 21.2. The Hall–Kier alpha value is -3.10. The van der Waals surface area contributed by atoms with Crippen LogP contribution < -0.4 is 0 Å². The average Bonchev–Trinajstić information content (AvgIpc) is 3.47. The van der Waals surface area contributed by atoms with Gasteiger partial charge < -0.3 is 4.90 Å². The molecular weight excluding hydrogens is 407 g/mol. The van der Waals surface area contributed by atoms with E-state index in [1.54, 1.807) is 34.4 Å². The molecule has 4 aromatic rings. The lowest BCUT2D eigenvalue weighted by molar-refractivity contribution is 0.0752. The van der Waals surface area contributed by atoms with Crippen LogP contribution in [0.4, 0.5) is 4.39 Å². The van der Waals surface area contributed by atoms with Crippen molar-refractivity contribution in [3.8, 4) is 16.4 Å². The topological polar surface area (TPSA) is 51.0 Å². The number of aromatic nitrogens is 3. The van der Waals surface area contributed by atoms with Gasteiger partial charge in [-0.2, -0.15) is 0 Å². The molecule has 0 atom stereocenters. The van der Waals surface area contributed by atoms with Crippen LogP contribution in [0.5, 0.6) is 0 Å². The number of halogens is 1. The molecule has 29 heavy (non-hydrogen) atoms. The Balaban J connectivity index is 1.74. The van der Waals surface area contributed by atoms with Crippen LogP contribution in [-0.4, -0.2) is 32.1 Å². The van der Waals surface area contributed by atoms with Crippen molar-refractivity contribution in [1.29, 1.82) is 0 Å². The fourth-order valence-electron chi connectivity index (χ4n) is 2.86. The second-order valence-electron chi connectivity index (χ2n) is 6.18. The van der Waals surface area contributed by atoms with Crippen molar-refractivity contribution < 1.29 is 9.18 Å². The molecule has 5 nitrogen and oxygen atoms in total. The Morgan fingerprint density at radius 1 is 1.17 bits per heavy atom. The van der Waals surface area contributed by atoms with Gasteiger partial charge >= 0.3 is 0 Å². The van der Waals surface area contributed by atoms with E-state index in [2.05, 4.69) is 16.7 Å². The van der Waals surface area contributed by atoms with Gasteiger partial charge in [-0.15, -0.1) is 34.4 Å². The number of rotatable bonds is 7.